The molecule has 0 spiro atoms. The highest BCUT2D eigenvalue weighted by molar-refractivity contribution is 6.04. The standard InChI is InChI=1S/C20H17F2N3O/c21-17-8-6-15(12-18(17)22)20(26)25-16-7-9-19(24-13-16)23-11-10-14-4-2-1-3-5-14/h1-9,12-13H,10-11H2,(H,23,24)(H,25,26). The molecule has 1 amide bonds. The minimum atomic E-state index is -1.06. The van der Waals surface area contributed by atoms with Gasteiger partial charge in [0.15, 0.2) is 11.6 Å². The largest absolute Gasteiger partial charge is 0.370 e. The van der Waals surface area contributed by atoms with E-state index in [0.717, 1.165) is 25.1 Å². The van der Waals surface area contributed by atoms with Crippen LogP contribution in [0.3, 0.4) is 0 Å². The summed E-state index contributed by atoms with van der Waals surface area (Å²) in [6, 6.07) is 16.5. The Kier molecular flexibility index (Phi) is 5.53. The lowest BCUT2D eigenvalue weighted by atomic mass is 10.1. The van der Waals surface area contributed by atoms with Gasteiger partial charge in [-0.15, -0.1) is 0 Å². The molecule has 3 rings (SSSR count). The number of carbonyl (C=O) groups is 1. The second kappa shape index (κ2) is 8.20. The van der Waals surface area contributed by atoms with Crippen LogP contribution in [0.4, 0.5) is 20.3 Å². The summed E-state index contributed by atoms with van der Waals surface area (Å²) in [7, 11) is 0. The second-order valence-electron chi connectivity index (χ2n) is 5.68. The predicted molar refractivity (Wildman–Crippen MR) is 97.2 cm³/mol. The van der Waals surface area contributed by atoms with Crippen LogP contribution in [-0.4, -0.2) is 17.4 Å². The first-order valence-corrected chi connectivity index (χ1v) is 8.12. The molecule has 2 N–H and O–H groups in total. The van der Waals surface area contributed by atoms with Crippen LogP contribution in [0.1, 0.15) is 15.9 Å². The maximum atomic E-state index is 13.2. The number of hydrogen-bond acceptors (Lipinski definition) is 3. The quantitative estimate of drug-likeness (QED) is 0.696. The third-order valence-electron chi connectivity index (χ3n) is 3.77. The molecular weight excluding hydrogens is 336 g/mol. The molecule has 0 radical (unpaired) electrons. The summed E-state index contributed by atoms with van der Waals surface area (Å²) < 4.78 is 26.1. The van der Waals surface area contributed by atoms with Gasteiger partial charge in [0.2, 0.25) is 0 Å². The molecule has 0 aliphatic heterocycles. The summed E-state index contributed by atoms with van der Waals surface area (Å²) in [5.41, 5.74) is 1.73. The number of rotatable bonds is 6. The van der Waals surface area contributed by atoms with Crippen molar-refractivity contribution in [3.63, 3.8) is 0 Å². The summed E-state index contributed by atoms with van der Waals surface area (Å²) in [6.07, 6.45) is 2.37. The number of pyridine rings is 1. The van der Waals surface area contributed by atoms with Crippen LogP contribution in [-0.2, 0) is 6.42 Å². The summed E-state index contributed by atoms with van der Waals surface area (Å²) in [4.78, 5) is 16.3. The van der Waals surface area contributed by atoms with Crippen LogP contribution in [0, 0.1) is 11.6 Å². The minimum Gasteiger partial charge on any atom is -0.370 e. The van der Waals surface area contributed by atoms with Gasteiger partial charge in [-0.25, -0.2) is 13.8 Å². The second-order valence-corrected chi connectivity index (χ2v) is 5.68. The van der Waals surface area contributed by atoms with Crippen molar-refractivity contribution in [2.24, 2.45) is 0 Å². The van der Waals surface area contributed by atoms with Gasteiger partial charge in [-0.1, -0.05) is 30.3 Å². The number of carbonyl (C=O) groups excluding carboxylic acids is 1. The summed E-state index contributed by atoms with van der Waals surface area (Å²) >= 11 is 0. The fraction of sp³-hybridized carbons (Fsp3) is 0.100. The molecule has 0 saturated carbocycles. The van der Waals surface area contributed by atoms with Crippen molar-refractivity contribution in [2.75, 3.05) is 17.2 Å². The SMILES string of the molecule is O=C(Nc1ccc(NCCc2ccccc2)nc1)c1ccc(F)c(F)c1. The molecule has 0 bridgehead atoms. The van der Waals surface area contributed by atoms with Crippen LogP contribution < -0.4 is 10.6 Å². The molecule has 0 aliphatic rings. The Morgan fingerprint density at radius 3 is 2.46 bits per heavy atom. The fourth-order valence-electron chi connectivity index (χ4n) is 2.39. The first-order chi connectivity index (χ1) is 12.6. The van der Waals surface area contributed by atoms with E-state index in [4.69, 9.17) is 0 Å². The molecule has 0 saturated heterocycles. The zero-order valence-electron chi connectivity index (χ0n) is 13.9. The third kappa shape index (κ3) is 4.63. The number of hydrogen-bond donors (Lipinski definition) is 2. The molecule has 3 aromatic rings. The molecule has 4 nitrogen and oxygen atoms in total. The molecule has 2 aromatic carbocycles. The van der Waals surface area contributed by atoms with Crippen LogP contribution >= 0.6 is 0 Å². The molecule has 0 atom stereocenters. The first-order valence-electron chi connectivity index (χ1n) is 8.12. The van der Waals surface area contributed by atoms with Crippen LogP contribution in [0.15, 0.2) is 66.9 Å². The third-order valence-corrected chi connectivity index (χ3v) is 3.77. The summed E-state index contributed by atoms with van der Waals surface area (Å²) in [5.74, 6) is -1.90. The molecule has 1 heterocycles. The maximum absolute atomic E-state index is 13.2. The van der Waals surface area contributed by atoms with Gasteiger partial charge >= 0.3 is 0 Å². The van der Waals surface area contributed by atoms with Crippen LogP contribution in [0.5, 0.6) is 0 Å². The van der Waals surface area contributed by atoms with E-state index in [1.807, 2.05) is 18.2 Å². The van der Waals surface area contributed by atoms with E-state index in [1.165, 1.54) is 17.8 Å². The Labute approximate surface area is 149 Å². The molecule has 1 aromatic heterocycles. The van der Waals surface area contributed by atoms with Crippen molar-refractivity contribution in [2.45, 2.75) is 6.42 Å². The van der Waals surface area contributed by atoms with Gasteiger partial charge < -0.3 is 10.6 Å². The molecule has 26 heavy (non-hydrogen) atoms. The topological polar surface area (TPSA) is 54.0 Å². The number of benzene rings is 2. The van der Waals surface area contributed by atoms with E-state index in [1.54, 1.807) is 12.1 Å². The monoisotopic (exact) mass is 353 g/mol. The number of anilines is 2. The van der Waals surface area contributed by atoms with Gasteiger partial charge in [0.05, 0.1) is 11.9 Å². The zero-order chi connectivity index (χ0) is 18.4. The van der Waals surface area contributed by atoms with Gasteiger partial charge in [-0.05, 0) is 42.3 Å². The van der Waals surface area contributed by atoms with E-state index >= 15 is 0 Å². The van der Waals surface area contributed by atoms with E-state index in [9.17, 15) is 13.6 Å². The first kappa shape index (κ1) is 17.5. The number of aromatic nitrogens is 1. The van der Waals surface area contributed by atoms with Crippen LogP contribution in [0.25, 0.3) is 0 Å². The lowest BCUT2D eigenvalue weighted by molar-refractivity contribution is 0.102. The lowest BCUT2D eigenvalue weighted by Gasteiger charge is -2.08. The van der Waals surface area contributed by atoms with E-state index in [-0.39, 0.29) is 5.56 Å². The Bertz CT molecular complexity index is 883. The molecule has 6 heteroatoms. The molecule has 132 valence electrons. The number of nitrogens with zero attached hydrogens (tertiary/aromatic N) is 1. The average Bonchev–Trinajstić information content (AvgIpc) is 2.66. The van der Waals surface area contributed by atoms with E-state index in [2.05, 4.69) is 27.8 Å². The molecule has 0 fully saturated rings. The smallest absolute Gasteiger partial charge is 0.255 e. The maximum Gasteiger partial charge on any atom is 0.255 e. The number of halogens is 2. The Hall–Kier alpha value is -3.28. The summed E-state index contributed by atoms with van der Waals surface area (Å²) in [6.45, 7) is 0.734. The minimum absolute atomic E-state index is 0.0361. The van der Waals surface area contributed by atoms with E-state index < -0.39 is 17.5 Å². The summed E-state index contributed by atoms with van der Waals surface area (Å²) in [5, 5.41) is 5.80. The highest BCUT2D eigenvalue weighted by Crippen LogP contribution is 2.13. The average molecular weight is 353 g/mol. The Morgan fingerprint density at radius 2 is 1.77 bits per heavy atom. The lowest BCUT2D eigenvalue weighted by Crippen LogP contribution is -2.13. The Balaban J connectivity index is 1.53. The highest BCUT2D eigenvalue weighted by atomic mass is 19.2. The van der Waals surface area contributed by atoms with Crippen LogP contribution in [0.2, 0.25) is 0 Å². The number of nitrogens with one attached hydrogen (secondary N) is 2. The van der Waals surface area contributed by atoms with Crippen molar-refractivity contribution in [1.82, 2.24) is 4.98 Å². The molecule has 0 unspecified atom stereocenters. The fourth-order valence-corrected chi connectivity index (χ4v) is 2.39. The van der Waals surface area contributed by atoms with Gasteiger partial charge in [-0.2, -0.15) is 0 Å². The van der Waals surface area contributed by atoms with Gasteiger partial charge in [0.25, 0.3) is 5.91 Å². The Morgan fingerprint density at radius 1 is 0.962 bits per heavy atom. The van der Waals surface area contributed by atoms with Crippen molar-refractivity contribution in [1.29, 1.82) is 0 Å². The van der Waals surface area contributed by atoms with Gasteiger partial charge in [0.1, 0.15) is 5.82 Å². The van der Waals surface area contributed by atoms with Crippen molar-refractivity contribution < 1.29 is 13.6 Å². The molecular formula is C20H17F2N3O. The highest BCUT2D eigenvalue weighted by Gasteiger charge is 2.10. The van der Waals surface area contributed by atoms with Gasteiger partial charge in [-0.3, -0.25) is 4.79 Å². The van der Waals surface area contributed by atoms with E-state index in [0.29, 0.717) is 11.5 Å². The number of amides is 1. The van der Waals surface area contributed by atoms with Crippen molar-refractivity contribution >= 4 is 17.4 Å². The normalized spacial score (nSPS) is 10.4. The zero-order valence-corrected chi connectivity index (χ0v) is 13.9. The predicted octanol–water partition coefficient (Wildman–Crippen LogP) is 4.27. The molecule has 0 aliphatic carbocycles. The van der Waals surface area contributed by atoms with Crippen molar-refractivity contribution in [3.8, 4) is 0 Å². The van der Waals surface area contributed by atoms with Gasteiger partial charge in [0, 0.05) is 12.1 Å². The van der Waals surface area contributed by atoms with Crippen molar-refractivity contribution in [3.05, 3.63) is 89.6 Å².